The fourth-order valence-corrected chi connectivity index (χ4v) is 2.85. The fraction of sp³-hybridized carbons (Fsp3) is 0.333. The summed E-state index contributed by atoms with van der Waals surface area (Å²) in [5.41, 5.74) is 0.875. The molecule has 0 atom stereocenters. The van der Waals surface area contributed by atoms with E-state index in [4.69, 9.17) is 4.52 Å². The molecule has 1 aliphatic rings. The van der Waals surface area contributed by atoms with Crippen LogP contribution in [-0.2, 0) is 0 Å². The third-order valence-corrected chi connectivity index (χ3v) is 4.21. The SMILES string of the molecule is CSc1cc(OC(F)F)ccc1C(=O)c1cnoc1C1CC1. The molecule has 0 spiro atoms. The van der Waals surface area contributed by atoms with E-state index in [0.717, 1.165) is 12.8 Å². The van der Waals surface area contributed by atoms with E-state index in [-0.39, 0.29) is 17.5 Å². The molecule has 116 valence electrons. The molecule has 7 heteroatoms. The van der Waals surface area contributed by atoms with Crippen molar-refractivity contribution >= 4 is 17.5 Å². The first-order valence-electron chi connectivity index (χ1n) is 6.72. The number of ether oxygens (including phenoxy) is 1. The molecule has 22 heavy (non-hydrogen) atoms. The molecule has 1 fully saturated rings. The zero-order chi connectivity index (χ0) is 15.7. The summed E-state index contributed by atoms with van der Waals surface area (Å²) in [6.07, 6.45) is 5.18. The van der Waals surface area contributed by atoms with Crippen molar-refractivity contribution in [3.63, 3.8) is 0 Å². The Kier molecular flexibility index (Phi) is 4.15. The van der Waals surface area contributed by atoms with E-state index in [1.54, 1.807) is 6.26 Å². The lowest BCUT2D eigenvalue weighted by atomic mass is 10.0. The van der Waals surface area contributed by atoms with Crippen LogP contribution in [0.5, 0.6) is 5.75 Å². The predicted molar refractivity (Wildman–Crippen MR) is 76.8 cm³/mol. The lowest BCUT2D eigenvalue weighted by Gasteiger charge is -2.10. The van der Waals surface area contributed by atoms with E-state index in [2.05, 4.69) is 9.89 Å². The Balaban J connectivity index is 1.93. The number of hydrogen-bond donors (Lipinski definition) is 0. The number of nitrogens with zero attached hydrogens (tertiary/aromatic N) is 1. The summed E-state index contributed by atoms with van der Waals surface area (Å²) in [7, 11) is 0. The molecule has 1 aromatic heterocycles. The Morgan fingerprint density at radius 3 is 2.82 bits per heavy atom. The Bertz CT molecular complexity index is 698. The quantitative estimate of drug-likeness (QED) is 0.591. The summed E-state index contributed by atoms with van der Waals surface area (Å²) in [6.45, 7) is -2.89. The van der Waals surface area contributed by atoms with Gasteiger partial charge in [0.2, 0.25) is 0 Å². The van der Waals surface area contributed by atoms with Gasteiger partial charge in [0.05, 0.1) is 11.8 Å². The zero-order valence-electron chi connectivity index (χ0n) is 11.7. The first-order valence-corrected chi connectivity index (χ1v) is 7.94. The van der Waals surface area contributed by atoms with E-state index in [9.17, 15) is 13.6 Å². The number of hydrogen-bond acceptors (Lipinski definition) is 5. The first kappa shape index (κ1) is 15.0. The number of rotatable bonds is 6. The highest BCUT2D eigenvalue weighted by molar-refractivity contribution is 7.98. The molecular formula is C15H13F2NO3S. The fourth-order valence-electron chi connectivity index (χ4n) is 2.24. The second-order valence-corrected chi connectivity index (χ2v) is 5.80. The van der Waals surface area contributed by atoms with Crippen LogP contribution < -0.4 is 4.74 Å². The van der Waals surface area contributed by atoms with E-state index in [0.29, 0.717) is 21.8 Å². The number of aromatic nitrogens is 1. The summed E-state index contributed by atoms with van der Waals surface area (Å²) in [5.74, 6) is 0.699. The Morgan fingerprint density at radius 2 is 2.18 bits per heavy atom. The van der Waals surface area contributed by atoms with Crippen LogP contribution in [0.2, 0.25) is 0 Å². The van der Waals surface area contributed by atoms with Gasteiger partial charge in [0.1, 0.15) is 5.75 Å². The van der Waals surface area contributed by atoms with Gasteiger partial charge in [0, 0.05) is 16.4 Å². The van der Waals surface area contributed by atoms with Crippen molar-refractivity contribution in [3.8, 4) is 5.75 Å². The van der Waals surface area contributed by atoms with Gasteiger partial charge in [-0.1, -0.05) is 5.16 Å². The van der Waals surface area contributed by atoms with Crippen molar-refractivity contribution in [1.82, 2.24) is 5.16 Å². The van der Waals surface area contributed by atoms with E-state index in [1.165, 1.54) is 36.2 Å². The lowest BCUT2D eigenvalue weighted by Crippen LogP contribution is -2.06. The molecule has 1 aromatic carbocycles. The van der Waals surface area contributed by atoms with Crippen LogP contribution in [0, 0.1) is 0 Å². The largest absolute Gasteiger partial charge is 0.435 e. The summed E-state index contributed by atoms with van der Waals surface area (Å²) in [4.78, 5) is 13.2. The van der Waals surface area contributed by atoms with E-state index in [1.807, 2.05) is 0 Å². The molecule has 4 nitrogen and oxygen atoms in total. The molecule has 3 rings (SSSR count). The molecule has 1 aliphatic carbocycles. The minimum atomic E-state index is -2.89. The maximum atomic E-state index is 12.7. The number of thioether (sulfide) groups is 1. The average Bonchev–Trinajstić information content (AvgIpc) is 3.23. The van der Waals surface area contributed by atoms with Crippen LogP contribution in [0.4, 0.5) is 8.78 Å². The van der Waals surface area contributed by atoms with E-state index < -0.39 is 6.61 Å². The molecule has 0 unspecified atom stereocenters. The standard InChI is InChI=1S/C15H13F2NO3S/c1-22-12-6-9(20-15(16)17)4-5-10(12)13(19)11-7-18-21-14(11)8-2-3-8/h4-8,15H,2-3H2,1H3. The van der Waals surface area contributed by atoms with Crippen LogP contribution >= 0.6 is 11.8 Å². The topological polar surface area (TPSA) is 52.3 Å². The average molecular weight is 325 g/mol. The van der Waals surface area contributed by atoms with Crippen LogP contribution in [0.15, 0.2) is 33.8 Å². The third kappa shape index (κ3) is 2.99. The van der Waals surface area contributed by atoms with Gasteiger partial charge in [-0.25, -0.2) is 0 Å². The predicted octanol–water partition coefficient (Wildman–Crippen LogP) is 4.11. The van der Waals surface area contributed by atoms with Crippen molar-refractivity contribution in [3.05, 3.63) is 41.3 Å². The van der Waals surface area contributed by atoms with Gasteiger partial charge < -0.3 is 9.26 Å². The number of alkyl halides is 2. The van der Waals surface area contributed by atoms with Crippen LogP contribution in [0.3, 0.4) is 0 Å². The van der Waals surface area contributed by atoms with Gasteiger partial charge in [-0.3, -0.25) is 4.79 Å². The second-order valence-electron chi connectivity index (χ2n) is 4.95. The van der Waals surface area contributed by atoms with Crippen LogP contribution in [0.25, 0.3) is 0 Å². The molecule has 0 N–H and O–H groups in total. The zero-order valence-corrected chi connectivity index (χ0v) is 12.5. The normalized spacial score (nSPS) is 14.4. The monoisotopic (exact) mass is 325 g/mol. The molecular weight excluding hydrogens is 312 g/mol. The molecule has 2 aromatic rings. The molecule has 0 saturated heterocycles. The number of halogens is 2. The third-order valence-electron chi connectivity index (χ3n) is 3.43. The Morgan fingerprint density at radius 1 is 1.41 bits per heavy atom. The van der Waals surface area contributed by atoms with Gasteiger partial charge in [-0.05, 0) is 37.3 Å². The van der Waals surface area contributed by atoms with Crippen molar-refractivity contribution in [1.29, 1.82) is 0 Å². The lowest BCUT2D eigenvalue weighted by molar-refractivity contribution is -0.0499. The van der Waals surface area contributed by atoms with Crippen LogP contribution in [0.1, 0.15) is 40.4 Å². The Labute approximate surface area is 129 Å². The van der Waals surface area contributed by atoms with Gasteiger partial charge in [-0.2, -0.15) is 8.78 Å². The number of benzene rings is 1. The maximum Gasteiger partial charge on any atom is 0.387 e. The maximum absolute atomic E-state index is 12.7. The van der Waals surface area contributed by atoms with Gasteiger partial charge in [-0.15, -0.1) is 11.8 Å². The molecule has 0 aliphatic heterocycles. The Hall–Kier alpha value is -1.89. The molecule has 1 heterocycles. The van der Waals surface area contributed by atoms with Crippen molar-refractivity contribution in [2.24, 2.45) is 0 Å². The molecule has 0 bridgehead atoms. The molecule has 0 amide bonds. The summed E-state index contributed by atoms with van der Waals surface area (Å²) >= 11 is 1.30. The smallest absolute Gasteiger partial charge is 0.387 e. The summed E-state index contributed by atoms with van der Waals surface area (Å²) < 4.78 is 34.1. The number of carbonyl (C=O) groups excluding carboxylic acids is 1. The minimum absolute atomic E-state index is 0.0311. The molecule has 0 radical (unpaired) electrons. The highest BCUT2D eigenvalue weighted by Crippen LogP contribution is 2.42. The highest BCUT2D eigenvalue weighted by Gasteiger charge is 2.33. The highest BCUT2D eigenvalue weighted by atomic mass is 32.2. The second kappa shape index (κ2) is 6.08. The van der Waals surface area contributed by atoms with E-state index >= 15 is 0 Å². The van der Waals surface area contributed by atoms with Crippen molar-refractivity contribution in [2.75, 3.05) is 6.26 Å². The van der Waals surface area contributed by atoms with Gasteiger partial charge >= 0.3 is 6.61 Å². The summed E-state index contributed by atoms with van der Waals surface area (Å²) in [5, 5.41) is 3.72. The number of carbonyl (C=O) groups is 1. The molecule has 1 saturated carbocycles. The van der Waals surface area contributed by atoms with Gasteiger partial charge in [0.15, 0.2) is 11.5 Å². The number of ketones is 1. The minimum Gasteiger partial charge on any atom is -0.435 e. The van der Waals surface area contributed by atoms with Crippen molar-refractivity contribution < 1.29 is 22.8 Å². The van der Waals surface area contributed by atoms with Crippen LogP contribution in [-0.4, -0.2) is 23.8 Å². The first-order chi connectivity index (χ1) is 10.6. The van der Waals surface area contributed by atoms with Gasteiger partial charge in [0.25, 0.3) is 0 Å². The summed E-state index contributed by atoms with van der Waals surface area (Å²) in [6, 6.07) is 4.30. The van der Waals surface area contributed by atoms with Crippen molar-refractivity contribution in [2.45, 2.75) is 30.3 Å².